The zero-order valence-electron chi connectivity index (χ0n) is 19.6. The van der Waals surface area contributed by atoms with E-state index in [1.165, 1.54) is 26.9 Å². The molecule has 1 saturated heterocycles. The number of fused-ring (bicyclic) bond motifs is 2. The van der Waals surface area contributed by atoms with E-state index in [0.29, 0.717) is 38.7 Å². The number of nitrogens with zero attached hydrogens (tertiary/aromatic N) is 5. The Morgan fingerprint density at radius 3 is 2.47 bits per heavy atom. The second-order valence-electron chi connectivity index (χ2n) is 8.77. The molecule has 2 aliphatic heterocycles. The van der Waals surface area contributed by atoms with Crippen molar-refractivity contribution in [2.24, 2.45) is 0 Å². The topological polar surface area (TPSA) is 61.8 Å². The Hall–Kier alpha value is -3.68. The van der Waals surface area contributed by atoms with Gasteiger partial charge in [0, 0.05) is 49.4 Å². The van der Waals surface area contributed by atoms with Crippen LogP contribution in [0.15, 0.2) is 48.8 Å². The van der Waals surface area contributed by atoms with E-state index in [-0.39, 0.29) is 0 Å². The number of carbonyl (C=O) groups excluding carboxylic acids is 1. The van der Waals surface area contributed by atoms with Crippen LogP contribution in [-0.2, 0) is 17.8 Å². The summed E-state index contributed by atoms with van der Waals surface area (Å²) in [5, 5.41) is 2.50. The monoisotopic (exact) mass is 461 g/mol. The van der Waals surface area contributed by atoms with E-state index in [9.17, 15) is 9.18 Å². The molecule has 0 atom stereocenters. The van der Waals surface area contributed by atoms with E-state index in [1.54, 1.807) is 7.11 Å². The van der Waals surface area contributed by atoms with Gasteiger partial charge in [-0.2, -0.15) is 9.97 Å². The fourth-order valence-electron chi connectivity index (χ4n) is 5.01. The molecule has 3 heterocycles. The summed E-state index contributed by atoms with van der Waals surface area (Å²) >= 11 is 0. The molecule has 1 fully saturated rings. The van der Waals surface area contributed by atoms with Gasteiger partial charge in [0.25, 0.3) is 5.91 Å². The fraction of sp³-hybridized carbons (Fsp3) is 0.346. The molecule has 2 aliphatic rings. The van der Waals surface area contributed by atoms with Crippen molar-refractivity contribution < 1.29 is 13.9 Å². The molecule has 0 radical (unpaired) electrons. The van der Waals surface area contributed by atoms with Gasteiger partial charge in [-0.15, -0.1) is 0 Å². The van der Waals surface area contributed by atoms with Crippen LogP contribution < -0.4 is 14.5 Å². The number of methoxy groups -OCH3 is 1. The first-order valence-corrected chi connectivity index (χ1v) is 11.5. The number of benzene rings is 2. The molecular formula is C26H28FN5O2. The highest BCUT2D eigenvalue weighted by Gasteiger charge is 2.29. The zero-order chi connectivity index (χ0) is 23.8. The molecular weight excluding hydrogens is 433 g/mol. The van der Waals surface area contributed by atoms with Gasteiger partial charge in [-0.3, -0.25) is 4.79 Å². The molecule has 0 spiro atoms. The lowest BCUT2D eigenvalue weighted by atomic mass is 9.99. The molecule has 3 aromatic rings. The van der Waals surface area contributed by atoms with Gasteiger partial charge in [-0.1, -0.05) is 36.9 Å². The number of hydrogen-bond acceptors (Lipinski definition) is 6. The molecule has 34 heavy (non-hydrogen) atoms. The Morgan fingerprint density at radius 2 is 1.76 bits per heavy atom. The summed E-state index contributed by atoms with van der Waals surface area (Å²) in [6.45, 7) is 8.77. The van der Waals surface area contributed by atoms with Crippen molar-refractivity contribution in [3.63, 3.8) is 0 Å². The van der Waals surface area contributed by atoms with Gasteiger partial charge < -0.3 is 19.4 Å². The number of aryl methyl sites for hydroxylation is 1. The van der Waals surface area contributed by atoms with Gasteiger partial charge in [0.15, 0.2) is 5.83 Å². The van der Waals surface area contributed by atoms with Gasteiger partial charge in [0.05, 0.1) is 19.3 Å². The summed E-state index contributed by atoms with van der Waals surface area (Å²) < 4.78 is 18.7. The third-order valence-corrected chi connectivity index (χ3v) is 6.74. The van der Waals surface area contributed by atoms with Gasteiger partial charge in [-0.05, 0) is 30.4 Å². The normalized spacial score (nSPS) is 15.9. The lowest BCUT2D eigenvalue weighted by Gasteiger charge is -2.38. The Morgan fingerprint density at radius 1 is 1.03 bits per heavy atom. The molecule has 8 heteroatoms. The van der Waals surface area contributed by atoms with Crippen LogP contribution in [0.25, 0.3) is 10.8 Å². The van der Waals surface area contributed by atoms with Gasteiger partial charge in [0.2, 0.25) is 0 Å². The third kappa shape index (κ3) is 3.93. The number of aromatic nitrogens is 2. The highest BCUT2D eigenvalue weighted by atomic mass is 19.1. The minimum absolute atomic E-state index is 0.334. The first-order chi connectivity index (χ1) is 16.5. The minimum Gasteiger partial charge on any atom is -0.467 e. The summed E-state index contributed by atoms with van der Waals surface area (Å²) in [5.74, 6) is -0.706. The number of amides is 1. The highest BCUT2D eigenvalue weighted by Crippen LogP contribution is 2.35. The predicted molar refractivity (Wildman–Crippen MR) is 131 cm³/mol. The lowest BCUT2D eigenvalue weighted by molar-refractivity contribution is -0.128. The summed E-state index contributed by atoms with van der Waals surface area (Å²) in [6, 6.07) is 13.1. The average molecular weight is 462 g/mol. The van der Waals surface area contributed by atoms with Crippen molar-refractivity contribution in [1.29, 1.82) is 0 Å². The maximum Gasteiger partial charge on any atom is 0.318 e. The molecule has 2 aromatic carbocycles. The Kier molecular flexibility index (Phi) is 5.81. The smallest absolute Gasteiger partial charge is 0.318 e. The summed E-state index contributed by atoms with van der Waals surface area (Å²) in [5.41, 5.74) is 4.53. The molecule has 5 rings (SSSR count). The second kappa shape index (κ2) is 8.93. The van der Waals surface area contributed by atoms with Gasteiger partial charge in [-0.25, -0.2) is 4.39 Å². The number of rotatable bonds is 4. The van der Waals surface area contributed by atoms with Crippen molar-refractivity contribution in [2.75, 3.05) is 49.6 Å². The number of anilines is 2. The van der Waals surface area contributed by atoms with Gasteiger partial charge >= 0.3 is 6.01 Å². The molecule has 176 valence electrons. The third-order valence-electron chi connectivity index (χ3n) is 6.74. The predicted octanol–water partition coefficient (Wildman–Crippen LogP) is 3.64. The van der Waals surface area contributed by atoms with Crippen molar-refractivity contribution in [1.82, 2.24) is 14.9 Å². The molecule has 7 nitrogen and oxygen atoms in total. The lowest BCUT2D eigenvalue weighted by Crippen LogP contribution is -2.49. The molecule has 1 aromatic heterocycles. The van der Waals surface area contributed by atoms with E-state index in [4.69, 9.17) is 9.72 Å². The van der Waals surface area contributed by atoms with Crippen LogP contribution >= 0.6 is 0 Å². The van der Waals surface area contributed by atoms with E-state index in [1.807, 2.05) is 0 Å². The van der Waals surface area contributed by atoms with Crippen LogP contribution in [0.5, 0.6) is 6.01 Å². The molecule has 0 unspecified atom stereocenters. The second-order valence-corrected chi connectivity index (χ2v) is 8.77. The number of ether oxygens (including phenoxy) is 1. The SMILES string of the molecule is C=C(F)C(=O)N1CCN(c2nc(OC)nc3c2CCN(c2cccc4cccc(C)c24)C3)CC1. The maximum absolute atomic E-state index is 13.3. The highest BCUT2D eigenvalue weighted by molar-refractivity contribution is 5.97. The van der Waals surface area contributed by atoms with Crippen LogP contribution in [-0.4, -0.2) is 60.6 Å². The number of carbonyl (C=O) groups is 1. The van der Waals surface area contributed by atoms with Crippen LogP contribution in [0.3, 0.4) is 0 Å². The molecule has 1 amide bonds. The summed E-state index contributed by atoms with van der Waals surface area (Å²) in [7, 11) is 1.57. The van der Waals surface area contributed by atoms with Crippen LogP contribution in [0, 0.1) is 6.92 Å². The first-order valence-electron chi connectivity index (χ1n) is 11.5. The fourth-order valence-corrected chi connectivity index (χ4v) is 5.01. The summed E-state index contributed by atoms with van der Waals surface area (Å²) in [4.78, 5) is 27.3. The largest absolute Gasteiger partial charge is 0.467 e. The van der Waals surface area contributed by atoms with Crippen LogP contribution in [0.4, 0.5) is 15.9 Å². The van der Waals surface area contributed by atoms with Gasteiger partial charge in [0.1, 0.15) is 5.82 Å². The number of halogens is 1. The molecule has 0 saturated carbocycles. The Balaban J connectivity index is 1.44. The number of hydrogen-bond donors (Lipinski definition) is 0. The van der Waals surface area contributed by atoms with Crippen LogP contribution in [0.1, 0.15) is 16.8 Å². The zero-order valence-corrected chi connectivity index (χ0v) is 19.6. The standard InChI is InChI=1S/C26H28FN5O2/c1-17-6-4-7-19-8-5-9-22(23(17)19)32-11-10-20-21(16-32)28-26(34-3)29-24(20)30-12-14-31(15-13-30)25(33)18(2)27/h4-9H,2,10-16H2,1,3H3. The van der Waals surface area contributed by atoms with Crippen molar-refractivity contribution in [3.05, 3.63) is 65.6 Å². The van der Waals surface area contributed by atoms with E-state index >= 15 is 0 Å². The maximum atomic E-state index is 13.3. The molecule has 0 N–H and O–H groups in total. The summed E-state index contributed by atoms with van der Waals surface area (Å²) in [6.07, 6.45) is 0.803. The minimum atomic E-state index is -0.918. The van der Waals surface area contributed by atoms with E-state index < -0.39 is 11.7 Å². The Labute approximate surface area is 198 Å². The van der Waals surface area contributed by atoms with E-state index in [2.05, 4.69) is 64.7 Å². The molecule has 0 aliphatic carbocycles. The quantitative estimate of drug-likeness (QED) is 0.553. The van der Waals surface area contributed by atoms with E-state index in [0.717, 1.165) is 30.0 Å². The molecule has 0 bridgehead atoms. The van der Waals surface area contributed by atoms with Crippen LogP contribution in [0.2, 0.25) is 0 Å². The number of piperazine rings is 1. The Bertz CT molecular complexity index is 1260. The van der Waals surface area contributed by atoms with Crippen molar-refractivity contribution >= 4 is 28.2 Å². The van der Waals surface area contributed by atoms with Crippen molar-refractivity contribution in [2.45, 2.75) is 19.9 Å². The average Bonchev–Trinajstić information content (AvgIpc) is 2.87. The van der Waals surface area contributed by atoms with Crippen molar-refractivity contribution in [3.8, 4) is 6.01 Å². The first kappa shape index (κ1) is 22.1.